The normalized spacial score (nSPS) is 13.1. The van der Waals surface area contributed by atoms with Crippen LogP contribution in [0.5, 0.6) is 0 Å². The molecule has 0 aromatic heterocycles. The molecule has 0 amide bonds. The van der Waals surface area contributed by atoms with Crippen molar-refractivity contribution in [1.82, 2.24) is 4.31 Å². The van der Waals surface area contributed by atoms with Crippen LogP contribution in [-0.2, 0) is 10.0 Å². The second-order valence-electron chi connectivity index (χ2n) is 4.68. The summed E-state index contributed by atoms with van der Waals surface area (Å²) < 4.78 is 26.2. The SMILES string of the molecule is Cc1ccccc1S(=O)(=O)N(C)C(C)(C)CCl. The number of benzene rings is 1. The number of halogens is 1. The first-order chi connectivity index (χ1) is 7.73. The third kappa shape index (κ3) is 2.81. The van der Waals surface area contributed by atoms with Crippen LogP contribution in [0.4, 0.5) is 0 Å². The highest BCUT2D eigenvalue weighted by Gasteiger charge is 2.33. The maximum absolute atomic E-state index is 12.4. The predicted octanol–water partition coefficient (Wildman–Crippen LogP) is 2.63. The summed E-state index contributed by atoms with van der Waals surface area (Å²) in [6.07, 6.45) is 0. The van der Waals surface area contributed by atoms with Crippen molar-refractivity contribution in [3.8, 4) is 0 Å². The number of hydrogen-bond donors (Lipinski definition) is 0. The van der Waals surface area contributed by atoms with Gasteiger partial charge in [0.25, 0.3) is 0 Å². The molecule has 0 fully saturated rings. The van der Waals surface area contributed by atoms with E-state index < -0.39 is 15.6 Å². The van der Waals surface area contributed by atoms with Crippen LogP contribution in [0.1, 0.15) is 19.4 Å². The van der Waals surface area contributed by atoms with Gasteiger partial charge in [0, 0.05) is 18.5 Å². The van der Waals surface area contributed by atoms with Gasteiger partial charge in [0.1, 0.15) is 0 Å². The van der Waals surface area contributed by atoms with Crippen LogP contribution < -0.4 is 0 Å². The van der Waals surface area contributed by atoms with E-state index in [1.807, 2.05) is 6.07 Å². The van der Waals surface area contributed by atoms with E-state index in [1.54, 1.807) is 46.0 Å². The summed E-state index contributed by atoms with van der Waals surface area (Å²) in [4.78, 5) is 0.334. The standard InChI is InChI=1S/C12H18ClNO2S/c1-10-7-5-6-8-11(10)17(15,16)14(4)12(2,3)9-13/h5-8H,9H2,1-4H3. The van der Waals surface area contributed by atoms with E-state index in [0.29, 0.717) is 4.90 Å². The second kappa shape index (κ2) is 4.96. The highest BCUT2D eigenvalue weighted by Crippen LogP contribution is 2.25. The van der Waals surface area contributed by atoms with Gasteiger partial charge in [-0.15, -0.1) is 11.6 Å². The van der Waals surface area contributed by atoms with Crippen LogP contribution in [-0.4, -0.2) is 31.2 Å². The molecule has 0 heterocycles. The molecular formula is C12H18ClNO2S. The molecule has 0 aliphatic heterocycles. The Morgan fingerprint density at radius 2 is 1.82 bits per heavy atom. The molecule has 0 saturated carbocycles. The van der Waals surface area contributed by atoms with Crippen molar-refractivity contribution >= 4 is 21.6 Å². The largest absolute Gasteiger partial charge is 0.243 e. The third-order valence-corrected chi connectivity index (χ3v) is 5.79. The van der Waals surface area contributed by atoms with E-state index in [9.17, 15) is 8.42 Å². The molecule has 0 bridgehead atoms. The zero-order valence-electron chi connectivity index (χ0n) is 10.6. The van der Waals surface area contributed by atoms with E-state index in [-0.39, 0.29) is 5.88 Å². The van der Waals surface area contributed by atoms with Gasteiger partial charge in [-0.3, -0.25) is 0 Å². The lowest BCUT2D eigenvalue weighted by Crippen LogP contribution is -2.46. The topological polar surface area (TPSA) is 37.4 Å². The summed E-state index contributed by atoms with van der Waals surface area (Å²) in [5.74, 6) is 0.245. The van der Waals surface area contributed by atoms with Crippen LogP contribution in [0.25, 0.3) is 0 Å². The third-order valence-electron chi connectivity index (χ3n) is 2.91. The monoisotopic (exact) mass is 275 g/mol. The molecule has 5 heteroatoms. The highest BCUT2D eigenvalue weighted by molar-refractivity contribution is 7.89. The Morgan fingerprint density at radius 3 is 2.29 bits per heavy atom. The fraction of sp³-hybridized carbons (Fsp3) is 0.500. The van der Waals surface area contributed by atoms with Crippen molar-refractivity contribution in [2.24, 2.45) is 0 Å². The molecule has 0 spiro atoms. The van der Waals surface area contributed by atoms with Crippen LogP contribution in [0.3, 0.4) is 0 Å². The van der Waals surface area contributed by atoms with E-state index >= 15 is 0 Å². The molecule has 0 radical (unpaired) electrons. The molecular weight excluding hydrogens is 258 g/mol. The Hall–Kier alpha value is -0.580. The van der Waals surface area contributed by atoms with E-state index in [0.717, 1.165) is 5.56 Å². The van der Waals surface area contributed by atoms with Crippen LogP contribution in [0.15, 0.2) is 29.2 Å². The number of sulfonamides is 1. The molecule has 96 valence electrons. The fourth-order valence-electron chi connectivity index (χ4n) is 1.40. The lowest BCUT2D eigenvalue weighted by molar-refractivity contribution is 0.296. The highest BCUT2D eigenvalue weighted by atomic mass is 35.5. The summed E-state index contributed by atoms with van der Waals surface area (Å²) in [6.45, 7) is 5.39. The number of aryl methyl sites for hydroxylation is 1. The van der Waals surface area contributed by atoms with Gasteiger partial charge in [0.2, 0.25) is 10.0 Å². The minimum absolute atomic E-state index is 0.245. The number of nitrogens with zero attached hydrogens (tertiary/aromatic N) is 1. The Balaban J connectivity index is 3.26. The molecule has 1 rings (SSSR count). The molecule has 0 aliphatic rings. The minimum atomic E-state index is -3.49. The average Bonchev–Trinajstić information content (AvgIpc) is 2.28. The molecule has 1 aromatic rings. The molecule has 0 saturated heterocycles. The first-order valence-corrected chi connectivity index (χ1v) is 7.31. The minimum Gasteiger partial charge on any atom is -0.207 e. The van der Waals surface area contributed by atoms with Gasteiger partial charge in [-0.2, -0.15) is 4.31 Å². The fourth-order valence-corrected chi connectivity index (χ4v) is 3.39. The maximum atomic E-state index is 12.4. The predicted molar refractivity (Wildman–Crippen MR) is 70.9 cm³/mol. The summed E-state index contributed by atoms with van der Waals surface area (Å²) in [6, 6.07) is 6.95. The lowest BCUT2D eigenvalue weighted by atomic mass is 10.1. The molecule has 1 aromatic carbocycles. The zero-order valence-corrected chi connectivity index (χ0v) is 12.1. The molecule has 0 unspecified atom stereocenters. The summed E-state index contributed by atoms with van der Waals surface area (Å²) >= 11 is 5.82. The summed E-state index contributed by atoms with van der Waals surface area (Å²) in [5, 5.41) is 0. The lowest BCUT2D eigenvalue weighted by Gasteiger charge is -2.33. The van der Waals surface area contributed by atoms with Crippen molar-refractivity contribution in [2.45, 2.75) is 31.2 Å². The Morgan fingerprint density at radius 1 is 1.29 bits per heavy atom. The van der Waals surface area contributed by atoms with Gasteiger partial charge >= 0.3 is 0 Å². The average molecular weight is 276 g/mol. The van der Waals surface area contributed by atoms with Crippen molar-refractivity contribution in [1.29, 1.82) is 0 Å². The van der Waals surface area contributed by atoms with Crippen molar-refractivity contribution in [3.63, 3.8) is 0 Å². The van der Waals surface area contributed by atoms with Gasteiger partial charge < -0.3 is 0 Å². The molecule has 0 aliphatic carbocycles. The first-order valence-electron chi connectivity index (χ1n) is 5.34. The van der Waals surface area contributed by atoms with Crippen molar-refractivity contribution in [2.75, 3.05) is 12.9 Å². The number of hydrogen-bond acceptors (Lipinski definition) is 2. The van der Waals surface area contributed by atoms with Gasteiger partial charge in [-0.25, -0.2) is 8.42 Å². The number of alkyl halides is 1. The van der Waals surface area contributed by atoms with E-state index in [1.165, 1.54) is 4.31 Å². The zero-order chi connectivity index (χ0) is 13.3. The summed E-state index contributed by atoms with van der Waals surface area (Å²) in [7, 11) is -1.93. The molecule has 0 N–H and O–H groups in total. The van der Waals surface area contributed by atoms with Crippen LogP contribution in [0, 0.1) is 6.92 Å². The van der Waals surface area contributed by atoms with Crippen molar-refractivity contribution < 1.29 is 8.42 Å². The van der Waals surface area contributed by atoms with E-state index in [4.69, 9.17) is 11.6 Å². The van der Waals surface area contributed by atoms with Crippen LogP contribution in [0.2, 0.25) is 0 Å². The quantitative estimate of drug-likeness (QED) is 0.792. The van der Waals surface area contributed by atoms with Crippen molar-refractivity contribution in [3.05, 3.63) is 29.8 Å². The van der Waals surface area contributed by atoms with Gasteiger partial charge in [0.05, 0.1) is 4.90 Å². The summed E-state index contributed by atoms with van der Waals surface area (Å²) in [5.41, 5.74) is 0.132. The maximum Gasteiger partial charge on any atom is 0.243 e. The van der Waals surface area contributed by atoms with Gasteiger partial charge in [-0.1, -0.05) is 18.2 Å². The molecule has 0 atom stereocenters. The van der Waals surface area contributed by atoms with Gasteiger partial charge in [0.15, 0.2) is 0 Å². The first kappa shape index (κ1) is 14.5. The van der Waals surface area contributed by atoms with Crippen LogP contribution >= 0.6 is 11.6 Å². The number of rotatable bonds is 4. The Labute approximate surface area is 108 Å². The molecule has 3 nitrogen and oxygen atoms in total. The molecule has 17 heavy (non-hydrogen) atoms. The van der Waals surface area contributed by atoms with E-state index in [2.05, 4.69) is 0 Å². The Kier molecular flexibility index (Phi) is 4.23. The van der Waals surface area contributed by atoms with Gasteiger partial charge in [-0.05, 0) is 32.4 Å². The smallest absolute Gasteiger partial charge is 0.207 e. The Bertz CT molecular complexity index is 497. The second-order valence-corrected chi connectivity index (χ2v) is 6.89.